The van der Waals surface area contributed by atoms with Crippen molar-refractivity contribution in [3.05, 3.63) is 76.1 Å². The van der Waals surface area contributed by atoms with Gasteiger partial charge in [0.05, 0.1) is 5.56 Å². The molecule has 5 nitrogen and oxygen atoms in total. The molecular weight excluding hydrogens is 361 g/mol. The molecule has 0 atom stereocenters. The minimum Gasteiger partial charge on any atom is -0.406 e. The highest BCUT2D eigenvalue weighted by Crippen LogP contribution is 2.23. The lowest BCUT2D eigenvalue weighted by Gasteiger charge is -2.18. The van der Waals surface area contributed by atoms with E-state index in [0.717, 1.165) is 0 Å². The zero-order chi connectivity index (χ0) is 19.6. The zero-order valence-corrected chi connectivity index (χ0v) is 14.2. The van der Waals surface area contributed by atoms with Crippen molar-refractivity contribution in [1.82, 2.24) is 9.88 Å². The molecule has 0 bridgehead atoms. The number of aromatic nitrogens is 1. The van der Waals surface area contributed by atoms with E-state index in [1.54, 1.807) is 31.3 Å². The van der Waals surface area contributed by atoms with Crippen LogP contribution in [0.3, 0.4) is 0 Å². The van der Waals surface area contributed by atoms with Crippen molar-refractivity contribution in [2.45, 2.75) is 12.9 Å². The monoisotopic (exact) mass is 376 g/mol. The molecule has 0 saturated carbocycles. The highest BCUT2D eigenvalue weighted by molar-refractivity contribution is 6.05. The maximum atomic E-state index is 12.8. The van der Waals surface area contributed by atoms with Gasteiger partial charge in [-0.25, -0.2) is 0 Å². The van der Waals surface area contributed by atoms with Crippen LogP contribution in [-0.4, -0.2) is 29.2 Å². The minimum atomic E-state index is -4.75. The van der Waals surface area contributed by atoms with E-state index in [9.17, 15) is 22.8 Å². The van der Waals surface area contributed by atoms with Crippen molar-refractivity contribution in [2.24, 2.45) is 0 Å². The summed E-state index contributed by atoms with van der Waals surface area (Å²) in [5.41, 5.74) is 1.04. The second-order valence-corrected chi connectivity index (χ2v) is 5.95. The first-order valence-electron chi connectivity index (χ1n) is 7.95. The molecular formula is C19H15F3N2O3. The SMILES string of the molecule is CN(Cc1ccc(OC(F)(F)F)cc1)C(=O)c1cc(=O)[nH]c2ccccc12. The van der Waals surface area contributed by atoms with E-state index in [1.165, 1.54) is 35.2 Å². The number of ether oxygens (including phenoxy) is 1. The normalized spacial score (nSPS) is 11.4. The molecule has 0 radical (unpaired) electrons. The number of pyridine rings is 1. The molecule has 0 unspecified atom stereocenters. The standard InChI is InChI=1S/C19H15F3N2O3/c1-24(11-12-6-8-13(9-7-12)27-19(20,21)22)18(26)15-10-17(25)23-16-5-3-2-4-14(15)16/h2-10H,11H2,1H3,(H,23,25). The van der Waals surface area contributed by atoms with Gasteiger partial charge in [0.25, 0.3) is 5.91 Å². The number of benzene rings is 2. The number of nitrogens with one attached hydrogen (secondary N) is 1. The minimum absolute atomic E-state index is 0.159. The number of carbonyl (C=O) groups is 1. The van der Waals surface area contributed by atoms with Crippen molar-refractivity contribution in [3.63, 3.8) is 0 Å². The lowest BCUT2D eigenvalue weighted by atomic mass is 10.1. The van der Waals surface area contributed by atoms with Crippen LogP contribution in [0.2, 0.25) is 0 Å². The van der Waals surface area contributed by atoms with Crippen LogP contribution in [0, 0.1) is 0 Å². The number of para-hydroxylation sites is 1. The van der Waals surface area contributed by atoms with E-state index in [2.05, 4.69) is 9.72 Å². The van der Waals surface area contributed by atoms with E-state index < -0.39 is 6.36 Å². The zero-order valence-electron chi connectivity index (χ0n) is 14.2. The molecule has 1 aromatic heterocycles. The first kappa shape index (κ1) is 18.5. The molecule has 1 amide bonds. The lowest BCUT2D eigenvalue weighted by molar-refractivity contribution is -0.274. The molecule has 140 valence electrons. The number of fused-ring (bicyclic) bond motifs is 1. The van der Waals surface area contributed by atoms with Crippen LogP contribution in [-0.2, 0) is 6.54 Å². The number of amides is 1. The fourth-order valence-electron chi connectivity index (χ4n) is 2.73. The molecule has 3 aromatic rings. The largest absolute Gasteiger partial charge is 0.573 e. The lowest BCUT2D eigenvalue weighted by Crippen LogP contribution is -2.27. The van der Waals surface area contributed by atoms with Crippen LogP contribution in [0.25, 0.3) is 10.9 Å². The summed E-state index contributed by atoms with van der Waals surface area (Å²) in [5, 5.41) is 0.614. The Morgan fingerprint density at radius 3 is 2.44 bits per heavy atom. The Kier molecular flexibility index (Phi) is 4.89. The van der Waals surface area contributed by atoms with Gasteiger partial charge >= 0.3 is 6.36 Å². The Hall–Kier alpha value is -3.29. The van der Waals surface area contributed by atoms with Gasteiger partial charge in [-0.2, -0.15) is 0 Å². The highest BCUT2D eigenvalue weighted by atomic mass is 19.4. The summed E-state index contributed by atoms with van der Waals surface area (Å²) >= 11 is 0. The quantitative estimate of drug-likeness (QED) is 0.755. The van der Waals surface area contributed by atoms with Gasteiger partial charge in [0.1, 0.15) is 5.75 Å². The maximum Gasteiger partial charge on any atom is 0.573 e. The first-order valence-corrected chi connectivity index (χ1v) is 7.95. The number of alkyl halides is 3. The van der Waals surface area contributed by atoms with Gasteiger partial charge in [-0.1, -0.05) is 30.3 Å². The fourth-order valence-corrected chi connectivity index (χ4v) is 2.73. The van der Waals surface area contributed by atoms with Crippen molar-refractivity contribution in [3.8, 4) is 5.75 Å². The number of carbonyl (C=O) groups excluding carboxylic acids is 1. The number of H-pyrrole nitrogens is 1. The van der Waals surface area contributed by atoms with Gasteiger partial charge in [0, 0.05) is 30.6 Å². The number of aromatic amines is 1. The summed E-state index contributed by atoms with van der Waals surface area (Å²) in [6.45, 7) is 0.159. The summed E-state index contributed by atoms with van der Waals surface area (Å²) in [5.74, 6) is -0.700. The molecule has 27 heavy (non-hydrogen) atoms. The molecule has 0 spiro atoms. The number of hydrogen-bond acceptors (Lipinski definition) is 3. The van der Waals surface area contributed by atoms with E-state index in [1.807, 2.05) is 0 Å². The van der Waals surface area contributed by atoms with E-state index in [0.29, 0.717) is 16.5 Å². The smallest absolute Gasteiger partial charge is 0.406 e. The molecule has 0 aliphatic heterocycles. The molecule has 0 fully saturated rings. The second kappa shape index (κ2) is 7.14. The molecule has 1 heterocycles. The average molecular weight is 376 g/mol. The van der Waals surface area contributed by atoms with Crippen LogP contribution < -0.4 is 10.3 Å². The van der Waals surface area contributed by atoms with E-state index in [-0.39, 0.29) is 29.3 Å². The van der Waals surface area contributed by atoms with Crippen LogP contribution in [0.4, 0.5) is 13.2 Å². The second-order valence-electron chi connectivity index (χ2n) is 5.95. The van der Waals surface area contributed by atoms with Gasteiger partial charge in [-0.3, -0.25) is 9.59 Å². The van der Waals surface area contributed by atoms with Crippen molar-refractivity contribution in [2.75, 3.05) is 7.05 Å². The Morgan fingerprint density at radius 1 is 1.11 bits per heavy atom. The Labute approximate surface area is 152 Å². The highest BCUT2D eigenvalue weighted by Gasteiger charge is 2.31. The predicted molar refractivity (Wildman–Crippen MR) is 93.5 cm³/mol. The topological polar surface area (TPSA) is 62.4 Å². The molecule has 3 rings (SSSR count). The molecule has 0 aliphatic carbocycles. The Bertz CT molecular complexity index is 1030. The van der Waals surface area contributed by atoms with E-state index >= 15 is 0 Å². The molecule has 0 saturated heterocycles. The maximum absolute atomic E-state index is 12.8. The molecule has 0 aliphatic rings. The predicted octanol–water partition coefficient (Wildman–Crippen LogP) is 3.70. The Balaban J connectivity index is 1.80. The summed E-state index contributed by atoms with van der Waals surface area (Å²) in [7, 11) is 1.55. The fraction of sp³-hybridized carbons (Fsp3) is 0.158. The first-order chi connectivity index (χ1) is 12.7. The van der Waals surface area contributed by atoms with Gasteiger partial charge in [-0.15, -0.1) is 13.2 Å². The third-order valence-corrected chi connectivity index (χ3v) is 3.90. The number of hydrogen-bond donors (Lipinski definition) is 1. The molecule has 8 heteroatoms. The summed E-state index contributed by atoms with van der Waals surface area (Å²) in [6, 6.07) is 13.4. The third-order valence-electron chi connectivity index (χ3n) is 3.90. The number of rotatable bonds is 4. The van der Waals surface area contributed by atoms with Crippen molar-refractivity contribution < 1.29 is 22.7 Å². The average Bonchev–Trinajstić information content (AvgIpc) is 2.60. The number of halogens is 3. The van der Waals surface area contributed by atoms with Crippen LogP contribution in [0.15, 0.2) is 59.4 Å². The van der Waals surface area contributed by atoms with Crippen LogP contribution in [0.1, 0.15) is 15.9 Å². The van der Waals surface area contributed by atoms with E-state index in [4.69, 9.17) is 0 Å². The van der Waals surface area contributed by atoms with Crippen molar-refractivity contribution in [1.29, 1.82) is 0 Å². The van der Waals surface area contributed by atoms with Crippen LogP contribution >= 0.6 is 0 Å². The third kappa shape index (κ3) is 4.46. The Morgan fingerprint density at radius 2 is 1.78 bits per heavy atom. The number of nitrogens with zero attached hydrogens (tertiary/aromatic N) is 1. The van der Waals surface area contributed by atoms with Gasteiger partial charge < -0.3 is 14.6 Å². The molecule has 1 N–H and O–H groups in total. The summed E-state index contributed by atoms with van der Waals surface area (Å²) in [6.07, 6.45) is -4.75. The molecule has 2 aromatic carbocycles. The van der Waals surface area contributed by atoms with Crippen molar-refractivity contribution >= 4 is 16.8 Å². The van der Waals surface area contributed by atoms with Gasteiger partial charge in [0.15, 0.2) is 0 Å². The summed E-state index contributed by atoms with van der Waals surface area (Å²) < 4.78 is 40.4. The van der Waals surface area contributed by atoms with Gasteiger partial charge in [0.2, 0.25) is 5.56 Å². The summed E-state index contributed by atoms with van der Waals surface area (Å²) in [4.78, 5) is 28.6. The van der Waals surface area contributed by atoms with Gasteiger partial charge in [-0.05, 0) is 23.8 Å². The van der Waals surface area contributed by atoms with Crippen LogP contribution in [0.5, 0.6) is 5.75 Å².